The fourth-order valence-electron chi connectivity index (χ4n) is 3.01. The van der Waals surface area contributed by atoms with Gasteiger partial charge in [0.05, 0.1) is 19.3 Å². The van der Waals surface area contributed by atoms with E-state index >= 15 is 0 Å². The number of hydrogen-bond donors (Lipinski definition) is 1. The lowest BCUT2D eigenvalue weighted by molar-refractivity contribution is 0.0175. The smallest absolute Gasteiger partial charge is 0.411 e. The summed E-state index contributed by atoms with van der Waals surface area (Å²) in [5.41, 5.74) is 0.451. The van der Waals surface area contributed by atoms with Gasteiger partial charge in [-0.3, -0.25) is 5.32 Å². The Labute approximate surface area is 171 Å². The van der Waals surface area contributed by atoms with Gasteiger partial charge in [-0.05, 0) is 70.2 Å². The molecule has 2 amide bonds. The molecule has 0 aromatic heterocycles. The van der Waals surface area contributed by atoms with Crippen molar-refractivity contribution in [2.24, 2.45) is 5.92 Å². The van der Waals surface area contributed by atoms with Crippen LogP contribution in [0.4, 0.5) is 15.3 Å². The summed E-state index contributed by atoms with van der Waals surface area (Å²) in [6.07, 6.45) is 1.65. The number of benzene rings is 1. The van der Waals surface area contributed by atoms with E-state index in [1.807, 2.05) is 20.8 Å². The number of carbonyl (C=O) groups is 3. The van der Waals surface area contributed by atoms with Crippen LogP contribution in [0.3, 0.4) is 0 Å². The van der Waals surface area contributed by atoms with E-state index in [9.17, 15) is 14.4 Å². The van der Waals surface area contributed by atoms with Crippen molar-refractivity contribution < 1.29 is 28.6 Å². The average Bonchev–Trinajstić information content (AvgIpc) is 2.67. The second-order valence-electron chi connectivity index (χ2n) is 8.03. The van der Waals surface area contributed by atoms with Crippen LogP contribution in [0.5, 0.6) is 0 Å². The molecule has 0 aliphatic carbocycles. The maximum atomic E-state index is 12.1. The van der Waals surface area contributed by atoms with Gasteiger partial charge in [-0.1, -0.05) is 0 Å². The third kappa shape index (κ3) is 7.63. The van der Waals surface area contributed by atoms with Crippen LogP contribution in [0, 0.1) is 5.92 Å². The first kappa shape index (κ1) is 22.5. The molecule has 8 nitrogen and oxygen atoms in total. The quantitative estimate of drug-likeness (QED) is 0.585. The van der Waals surface area contributed by atoms with Gasteiger partial charge < -0.3 is 19.1 Å². The molecule has 1 saturated heterocycles. The van der Waals surface area contributed by atoms with E-state index < -0.39 is 17.7 Å². The Balaban J connectivity index is 1.66. The number of carbonyl (C=O) groups excluding carboxylic acids is 3. The molecule has 0 atom stereocenters. The van der Waals surface area contributed by atoms with E-state index in [0.717, 1.165) is 19.3 Å². The highest BCUT2D eigenvalue weighted by atomic mass is 16.6. The monoisotopic (exact) mass is 406 g/mol. The first-order chi connectivity index (χ1) is 13.7. The lowest BCUT2D eigenvalue weighted by Gasteiger charge is -2.33. The molecule has 1 heterocycles. The summed E-state index contributed by atoms with van der Waals surface area (Å²) in [6, 6.07) is 6.36. The number of rotatable bonds is 5. The number of anilines is 1. The molecule has 1 aliphatic heterocycles. The number of nitrogens with one attached hydrogen (secondary N) is 1. The van der Waals surface area contributed by atoms with E-state index in [4.69, 9.17) is 9.47 Å². The molecule has 2 rings (SSSR count). The average molecular weight is 406 g/mol. The number of hydrogen-bond acceptors (Lipinski definition) is 6. The molecule has 0 radical (unpaired) electrons. The highest BCUT2D eigenvalue weighted by Gasteiger charge is 2.26. The summed E-state index contributed by atoms with van der Waals surface area (Å²) < 4.78 is 15.3. The van der Waals surface area contributed by atoms with E-state index in [1.54, 1.807) is 29.2 Å². The molecule has 0 spiro atoms. The Hall–Kier alpha value is -2.77. The minimum atomic E-state index is -0.540. The van der Waals surface area contributed by atoms with Crippen LogP contribution in [0.15, 0.2) is 24.3 Å². The summed E-state index contributed by atoms with van der Waals surface area (Å²) in [7, 11) is 1.31. The zero-order chi connectivity index (χ0) is 21.4. The van der Waals surface area contributed by atoms with Gasteiger partial charge in [0.25, 0.3) is 0 Å². The molecular formula is C21H30N2O6. The number of piperidine rings is 1. The maximum Gasteiger partial charge on any atom is 0.411 e. The van der Waals surface area contributed by atoms with Gasteiger partial charge in [-0.25, -0.2) is 14.4 Å². The lowest BCUT2D eigenvalue weighted by Crippen LogP contribution is -2.41. The predicted octanol–water partition coefficient (Wildman–Crippen LogP) is 4.06. The summed E-state index contributed by atoms with van der Waals surface area (Å²) in [4.78, 5) is 37.1. The van der Waals surface area contributed by atoms with Crippen molar-refractivity contribution in [3.05, 3.63) is 29.8 Å². The second-order valence-corrected chi connectivity index (χ2v) is 8.03. The van der Waals surface area contributed by atoms with Crippen LogP contribution in [-0.2, 0) is 14.2 Å². The topological polar surface area (TPSA) is 94.2 Å². The Morgan fingerprint density at radius 3 is 2.28 bits per heavy atom. The molecule has 1 aromatic rings. The van der Waals surface area contributed by atoms with Gasteiger partial charge in [0.1, 0.15) is 5.60 Å². The number of likely N-dealkylation sites (tertiary alicyclic amines) is 1. The molecule has 160 valence electrons. The van der Waals surface area contributed by atoms with Gasteiger partial charge >= 0.3 is 18.2 Å². The number of methoxy groups -OCH3 is 1. The number of amides is 2. The molecular weight excluding hydrogens is 376 g/mol. The Morgan fingerprint density at radius 1 is 1.10 bits per heavy atom. The zero-order valence-electron chi connectivity index (χ0n) is 17.5. The summed E-state index contributed by atoms with van der Waals surface area (Å²) >= 11 is 0. The fourth-order valence-corrected chi connectivity index (χ4v) is 3.01. The largest absolute Gasteiger partial charge is 0.465 e. The van der Waals surface area contributed by atoms with Crippen LogP contribution in [0.2, 0.25) is 0 Å². The highest BCUT2D eigenvalue weighted by Crippen LogP contribution is 2.22. The minimum absolute atomic E-state index is 0.273. The van der Waals surface area contributed by atoms with Crippen molar-refractivity contribution in [1.29, 1.82) is 0 Å². The molecule has 29 heavy (non-hydrogen) atoms. The Bertz CT molecular complexity index is 703. The number of ether oxygens (including phenoxy) is 3. The Kier molecular flexibility index (Phi) is 7.87. The lowest BCUT2D eigenvalue weighted by atomic mass is 9.94. The molecule has 1 N–H and O–H groups in total. The summed E-state index contributed by atoms with van der Waals surface area (Å²) in [5.74, 6) is -0.0299. The van der Waals surface area contributed by atoms with Crippen LogP contribution in [0.1, 0.15) is 50.4 Å². The van der Waals surface area contributed by atoms with E-state index in [2.05, 4.69) is 10.1 Å². The highest BCUT2D eigenvalue weighted by molar-refractivity contribution is 5.91. The van der Waals surface area contributed by atoms with Crippen molar-refractivity contribution >= 4 is 23.8 Å². The molecule has 1 aromatic carbocycles. The van der Waals surface area contributed by atoms with E-state index in [1.165, 1.54) is 7.11 Å². The number of nitrogens with zero attached hydrogens (tertiary/aromatic N) is 1. The van der Waals surface area contributed by atoms with Gasteiger partial charge in [0, 0.05) is 18.8 Å². The van der Waals surface area contributed by atoms with Crippen LogP contribution < -0.4 is 5.32 Å². The molecule has 0 unspecified atom stereocenters. The third-order valence-corrected chi connectivity index (χ3v) is 4.58. The first-order valence-corrected chi connectivity index (χ1v) is 9.78. The molecule has 0 saturated carbocycles. The second kappa shape index (κ2) is 10.1. The van der Waals surface area contributed by atoms with Crippen molar-refractivity contribution in [1.82, 2.24) is 4.90 Å². The van der Waals surface area contributed by atoms with Gasteiger partial charge in [0.15, 0.2) is 0 Å². The van der Waals surface area contributed by atoms with Crippen molar-refractivity contribution in [2.45, 2.75) is 45.6 Å². The van der Waals surface area contributed by atoms with Crippen LogP contribution in [-0.4, -0.2) is 55.5 Å². The minimum Gasteiger partial charge on any atom is -0.465 e. The zero-order valence-corrected chi connectivity index (χ0v) is 17.5. The van der Waals surface area contributed by atoms with Crippen molar-refractivity contribution in [3.8, 4) is 0 Å². The normalized spacial score (nSPS) is 14.8. The first-order valence-electron chi connectivity index (χ1n) is 9.78. The van der Waals surface area contributed by atoms with E-state index in [0.29, 0.717) is 36.9 Å². The molecule has 0 bridgehead atoms. The molecule has 1 fully saturated rings. The SMILES string of the molecule is COC(=O)c1ccc(NC(=O)OCCC2CCN(C(=O)OC(C)(C)C)CC2)cc1. The van der Waals surface area contributed by atoms with Crippen LogP contribution in [0.25, 0.3) is 0 Å². The third-order valence-electron chi connectivity index (χ3n) is 4.58. The van der Waals surface area contributed by atoms with Gasteiger partial charge in [0.2, 0.25) is 0 Å². The predicted molar refractivity (Wildman–Crippen MR) is 108 cm³/mol. The van der Waals surface area contributed by atoms with Crippen molar-refractivity contribution in [2.75, 3.05) is 32.1 Å². The van der Waals surface area contributed by atoms with Gasteiger partial charge in [-0.2, -0.15) is 0 Å². The molecule has 1 aliphatic rings. The maximum absolute atomic E-state index is 12.1. The van der Waals surface area contributed by atoms with Gasteiger partial charge in [-0.15, -0.1) is 0 Å². The Morgan fingerprint density at radius 2 is 1.72 bits per heavy atom. The summed E-state index contributed by atoms with van der Waals surface area (Å²) in [6.45, 7) is 7.18. The number of esters is 1. The summed E-state index contributed by atoms with van der Waals surface area (Å²) in [5, 5.41) is 2.62. The van der Waals surface area contributed by atoms with Crippen LogP contribution >= 0.6 is 0 Å². The molecule has 8 heteroatoms. The van der Waals surface area contributed by atoms with E-state index in [-0.39, 0.29) is 6.09 Å². The standard InChI is InChI=1S/C21H30N2O6/c1-21(2,3)29-20(26)23-12-9-15(10-13-23)11-14-28-19(25)22-17-7-5-16(6-8-17)18(24)27-4/h5-8,15H,9-14H2,1-4H3,(H,22,25). The fraction of sp³-hybridized carbons (Fsp3) is 0.571. The van der Waals surface area contributed by atoms with Crippen molar-refractivity contribution in [3.63, 3.8) is 0 Å².